The fraction of sp³-hybridized carbons (Fsp3) is 0.0714. The zero-order valence-corrected chi connectivity index (χ0v) is 10.9. The number of nitrogens with zero attached hydrogens (tertiary/aromatic N) is 3. The minimum absolute atomic E-state index is 0.115. The van der Waals surface area contributed by atoms with Crippen molar-refractivity contribution in [3.05, 3.63) is 58.5 Å². The Kier molecular flexibility index (Phi) is 3.09. The molecule has 5 nitrogen and oxygen atoms in total. The van der Waals surface area contributed by atoms with E-state index in [9.17, 15) is 13.6 Å². The smallest absolute Gasteiger partial charge is 0.258 e. The topological polar surface area (TPSA) is 60.9 Å². The zero-order chi connectivity index (χ0) is 15.0. The van der Waals surface area contributed by atoms with Crippen LogP contribution in [0, 0.1) is 11.6 Å². The molecule has 0 atom stereocenters. The molecule has 0 aliphatic heterocycles. The standard InChI is InChI=1S/C14H9F2N3O2/c1-19-5-4-9(7-12(19)20)14-17-13(18-21-14)8-2-3-10(15)11(16)6-8/h2-7H,1H3. The lowest BCUT2D eigenvalue weighted by Crippen LogP contribution is -2.14. The number of benzene rings is 1. The van der Waals surface area contributed by atoms with E-state index in [0.29, 0.717) is 5.56 Å². The molecule has 0 amide bonds. The summed E-state index contributed by atoms with van der Waals surface area (Å²) in [6.07, 6.45) is 1.57. The predicted octanol–water partition coefficient (Wildman–Crippen LogP) is 2.38. The Labute approximate surface area is 117 Å². The van der Waals surface area contributed by atoms with Gasteiger partial charge in [0.25, 0.3) is 11.4 Å². The quantitative estimate of drug-likeness (QED) is 0.726. The van der Waals surface area contributed by atoms with E-state index in [1.165, 1.54) is 16.7 Å². The van der Waals surface area contributed by atoms with Gasteiger partial charge in [0.1, 0.15) is 0 Å². The second-order valence-corrected chi connectivity index (χ2v) is 4.42. The highest BCUT2D eigenvalue weighted by Gasteiger charge is 2.13. The molecule has 0 bridgehead atoms. The zero-order valence-electron chi connectivity index (χ0n) is 10.9. The summed E-state index contributed by atoms with van der Waals surface area (Å²) in [7, 11) is 1.62. The molecule has 0 saturated heterocycles. The monoisotopic (exact) mass is 289 g/mol. The molecule has 106 valence electrons. The van der Waals surface area contributed by atoms with Crippen molar-refractivity contribution < 1.29 is 13.3 Å². The van der Waals surface area contributed by atoms with Crippen molar-refractivity contribution in [2.24, 2.45) is 7.05 Å². The molecule has 2 aromatic heterocycles. The molecule has 0 aliphatic rings. The fourth-order valence-electron chi connectivity index (χ4n) is 1.77. The first kappa shape index (κ1) is 13.2. The van der Waals surface area contributed by atoms with Gasteiger partial charge in [-0.2, -0.15) is 4.98 Å². The van der Waals surface area contributed by atoms with E-state index in [-0.39, 0.29) is 22.8 Å². The minimum Gasteiger partial charge on any atom is -0.334 e. The Morgan fingerprint density at radius 2 is 1.90 bits per heavy atom. The van der Waals surface area contributed by atoms with Gasteiger partial charge in [0.05, 0.1) is 0 Å². The van der Waals surface area contributed by atoms with Gasteiger partial charge in [0, 0.05) is 30.4 Å². The maximum absolute atomic E-state index is 13.2. The number of rotatable bonds is 2. The van der Waals surface area contributed by atoms with E-state index in [4.69, 9.17) is 4.52 Å². The Balaban J connectivity index is 2.01. The van der Waals surface area contributed by atoms with Gasteiger partial charge in [0.2, 0.25) is 5.82 Å². The molecule has 0 unspecified atom stereocenters. The van der Waals surface area contributed by atoms with Crippen LogP contribution in [0.15, 0.2) is 45.8 Å². The molecule has 0 saturated carbocycles. The molecule has 3 aromatic rings. The molecule has 7 heteroatoms. The largest absolute Gasteiger partial charge is 0.334 e. The van der Waals surface area contributed by atoms with E-state index >= 15 is 0 Å². The number of halogens is 2. The van der Waals surface area contributed by atoms with Crippen molar-refractivity contribution >= 4 is 0 Å². The van der Waals surface area contributed by atoms with Crippen LogP contribution in [-0.2, 0) is 7.05 Å². The molecule has 0 spiro atoms. The second-order valence-electron chi connectivity index (χ2n) is 4.42. The maximum Gasteiger partial charge on any atom is 0.258 e. The summed E-state index contributed by atoms with van der Waals surface area (Å²) in [5.41, 5.74) is 0.521. The third kappa shape index (κ3) is 2.45. The lowest BCUT2D eigenvalue weighted by atomic mass is 10.2. The summed E-state index contributed by atoms with van der Waals surface area (Å²) in [6, 6.07) is 6.30. The van der Waals surface area contributed by atoms with Gasteiger partial charge in [-0.05, 0) is 24.3 Å². The number of hydrogen-bond donors (Lipinski definition) is 0. The summed E-state index contributed by atoms with van der Waals surface area (Å²) in [5, 5.41) is 3.70. The Bertz CT molecular complexity index is 871. The van der Waals surface area contributed by atoms with Crippen molar-refractivity contribution in [2.45, 2.75) is 0 Å². The molecule has 0 N–H and O–H groups in total. The number of hydrogen-bond acceptors (Lipinski definition) is 4. The summed E-state index contributed by atoms with van der Waals surface area (Å²) < 4.78 is 32.5. The fourth-order valence-corrected chi connectivity index (χ4v) is 1.77. The van der Waals surface area contributed by atoms with Gasteiger partial charge in [-0.3, -0.25) is 4.79 Å². The van der Waals surface area contributed by atoms with Crippen molar-refractivity contribution in [1.29, 1.82) is 0 Å². The van der Waals surface area contributed by atoms with Crippen molar-refractivity contribution in [2.75, 3.05) is 0 Å². The highest BCUT2D eigenvalue weighted by Crippen LogP contribution is 2.22. The van der Waals surface area contributed by atoms with Gasteiger partial charge in [-0.15, -0.1) is 0 Å². The van der Waals surface area contributed by atoms with Crippen LogP contribution in [0.25, 0.3) is 22.8 Å². The molecule has 0 aliphatic carbocycles. The third-order valence-corrected chi connectivity index (χ3v) is 2.96. The first-order valence-corrected chi connectivity index (χ1v) is 6.01. The van der Waals surface area contributed by atoms with Crippen molar-refractivity contribution in [1.82, 2.24) is 14.7 Å². The maximum atomic E-state index is 13.2. The van der Waals surface area contributed by atoms with Crippen LogP contribution in [0.5, 0.6) is 0 Å². The van der Waals surface area contributed by atoms with E-state index in [2.05, 4.69) is 10.1 Å². The number of aryl methyl sites for hydroxylation is 1. The molecular weight excluding hydrogens is 280 g/mol. The van der Waals surface area contributed by atoms with Crippen LogP contribution in [0.2, 0.25) is 0 Å². The van der Waals surface area contributed by atoms with Crippen LogP contribution < -0.4 is 5.56 Å². The number of pyridine rings is 1. The second kappa shape index (κ2) is 4.93. The van der Waals surface area contributed by atoms with Gasteiger partial charge in [-0.1, -0.05) is 5.16 Å². The molecular formula is C14H9F2N3O2. The highest BCUT2D eigenvalue weighted by atomic mass is 19.2. The lowest BCUT2D eigenvalue weighted by Gasteiger charge is -1.97. The van der Waals surface area contributed by atoms with Crippen LogP contribution in [0.1, 0.15) is 0 Å². The van der Waals surface area contributed by atoms with Gasteiger partial charge >= 0.3 is 0 Å². The lowest BCUT2D eigenvalue weighted by molar-refractivity contribution is 0.432. The van der Waals surface area contributed by atoms with Crippen molar-refractivity contribution in [3.63, 3.8) is 0 Å². The van der Waals surface area contributed by atoms with Crippen molar-refractivity contribution in [3.8, 4) is 22.8 Å². The first-order valence-electron chi connectivity index (χ1n) is 6.01. The van der Waals surface area contributed by atoms with Crippen LogP contribution >= 0.6 is 0 Å². The Hall–Kier alpha value is -2.83. The average molecular weight is 289 g/mol. The van der Waals surface area contributed by atoms with Gasteiger partial charge in [0.15, 0.2) is 11.6 Å². The average Bonchev–Trinajstić information content (AvgIpc) is 2.94. The molecule has 2 heterocycles. The highest BCUT2D eigenvalue weighted by molar-refractivity contribution is 5.59. The first-order chi connectivity index (χ1) is 10.0. The molecule has 3 rings (SSSR count). The minimum atomic E-state index is -0.993. The third-order valence-electron chi connectivity index (χ3n) is 2.96. The molecule has 1 aromatic carbocycles. The molecule has 21 heavy (non-hydrogen) atoms. The van der Waals surface area contributed by atoms with Crippen LogP contribution in [0.4, 0.5) is 8.78 Å². The molecule has 0 radical (unpaired) electrons. The van der Waals surface area contributed by atoms with E-state index < -0.39 is 11.6 Å². The van der Waals surface area contributed by atoms with E-state index in [1.54, 1.807) is 19.3 Å². The van der Waals surface area contributed by atoms with Gasteiger partial charge in [-0.25, -0.2) is 8.78 Å². The summed E-state index contributed by atoms with van der Waals surface area (Å²) in [5.74, 6) is -1.70. The SMILES string of the molecule is Cn1ccc(-c2nc(-c3ccc(F)c(F)c3)no2)cc1=O. The van der Waals surface area contributed by atoms with E-state index in [0.717, 1.165) is 12.1 Å². The summed E-state index contributed by atoms with van der Waals surface area (Å²) >= 11 is 0. The summed E-state index contributed by atoms with van der Waals surface area (Å²) in [4.78, 5) is 15.6. The Morgan fingerprint density at radius 1 is 1.10 bits per heavy atom. The number of aromatic nitrogens is 3. The van der Waals surface area contributed by atoms with Crippen LogP contribution in [-0.4, -0.2) is 14.7 Å². The normalized spacial score (nSPS) is 10.8. The predicted molar refractivity (Wildman–Crippen MR) is 70.3 cm³/mol. The van der Waals surface area contributed by atoms with Crippen LogP contribution in [0.3, 0.4) is 0 Å². The van der Waals surface area contributed by atoms with Gasteiger partial charge < -0.3 is 9.09 Å². The molecule has 0 fully saturated rings. The Morgan fingerprint density at radius 3 is 2.62 bits per heavy atom. The summed E-state index contributed by atoms with van der Waals surface area (Å²) in [6.45, 7) is 0. The van der Waals surface area contributed by atoms with E-state index in [1.807, 2.05) is 0 Å².